The number of hydrogen-bond donors (Lipinski definition) is 0. The number of benzene rings is 1. The summed E-state index contributed by atoms with van der Waals surface area (Å²) in [6.45, 7) is 1.68. The third-order valence-corrected chi connectivity index (χ3v) is 9.45. The van der Waals surface area contributed by atoms with Crippen molar-refractivity contribution < 1.29 is 17.9 Å². The second-order valence-corrected chi connectivity index (χ2v) is 11.7. The quantitative estimate of drug-likeness (QED) is 0.506. The molecule has 184 valence electrons. The number of aromatic nitrogens is 1. The molecule has 7 nitrogen and oxygen atoms in total. The molecule has 34 heavy (non-hydrogen) atoms. The maximum Gasteiger partial charge on any atom is 0.248 e. The maximum atomic E-state index is 13.4. The standard InChI is InChI=1S/C23H26Cl3N3O4S/c24-18-11-20(25)23(21(26)12-18)34(31,32)29-9-2-1-3-19(29)14-33-15-22(30)28-10-6-17(13-28)16-4-7-27-8-5-16/h4-5,7-8,11-12,17,19H,1-3,6,9-10,13-15H2. The zero-order valence-electron chi connectivity index (χ0n) is 18.5. The van der Waals surface area contributed by atoms with E-state index in [1.54, 1.807) is 17.3 Å². The van der Waals surface area contributed by atoms with Gasteiger partial charge < -0.3 is 9.64 Å². The lowest BCUT2D eigenvalue weighted by Crippen LogP contribution is -2.46. The average Bonchev–Trinajstić information content (AvgIpc) is 3.29. The Bertz CT molecular complexity index is 1110. The zero-order valence-corrected chi connectivity index (χ0v) is 21.6. The molecule has 2 aromatic rings. The van der Waals surface area contributed by atoms with E-state index in [1.165, 1.54) is 22.0 Å². The Hall–Kier alpha value is -1.42. The fourth-order valence-corrected chi connectivity index (χ4v) is 7.79. The van der Waals surface area contributed by atoms with Gasteiger partial charge in [-0.1, -0.05) is 41.2 Å². The van der Waals surface area contributed by atoms with Crippen LogP contribution in [0.4, 0.5) is 0 Å². The van der Waals surface area contributed by atoms with Crippen molar-refractivity contribution in [3.63, 3.8) is 0 Å². The number of rotatable bonds is 7. The summed E-state index contributed by atoms with van der Waals surface area (Å²) < 4.78 is 33.9. The highest BCUT2D eigenvalue weighted by Crippen LogP contribution is 2.36. The molecule has 2 atom stereocenters. The second kappa shape index (κ2) is 11.1. The lowest BCUT2D eigenvalue weighted by molar-refractivity contribution is -0.135. The van der Waals surface area contributed by atoms with Crippen LogP contribution in [-0.4, -0.2) is 67.4 Å². The van der Waals surface area contributed by atoms with Crippen LogP contribution in [0.15, 0.2) is 41.6 Å². The predicted octanol–water partition coefficient (Wildman–Crippen LogP) is 4.62. The molecule has 1 amide bonds. The molecular weight excluding hydrogens is 521 g/mol. The first-order valence-electron chi connectivity index (χ1n) is 11.2. The van der Waals surface area contributed by atoms with Gasteiger partial charge in [-0.3, -0.25) is 9.78 Å². The molecule has 2 fully saturated rings. The molecule has 1 aromatic carbocycles. The van der Waals surface area contributed by atoms with E-state index in [0.29, 0.717) is 32.0 Å². The Morgan fingerprint density at radius 3 is 2.47 bits per heavy atom. The number of likely N-dealkylation sites (tertiary alicyclic amines) is 1. The molecule has 2 saturated heterocycles. The van der Waals surface area contributed by atoms with Gasteiger partial charge in [0.05, 0.1) is 16.7 Å². The Balaban J connectivity index is 1.36. The number of carbonyl (C=O) groups excluding carboxylic acids is 1. The summed E-state index contributed by atoms with van der Waals surface area (Å²) in [5.74, 6) is 0.199. The van der Waals surface area contributed by atoms with E-state index in [1.807, 2.05) is 12.1 Å². The van der Waals surface area contributed by atoms with Gasteiger partial charge >= 0.3 is 0 Å². The van der Waals surface area contributed by atoms with Crippen molar-refractivity contribution in [2.45, 2.75) is 42.5 Å². The molecule has 0 saturated carbocycles. The highest BCUT2D eigenvalue weighted by Gasteiger charge is 2.36. The molecule has 0 spiro atoms. The Kier molecular flexibility index (Phi) is 8.38. The topological polar surface area (TPSA) is 79.8 Å². The number of piperidine rings is 1. The summed E-state index contributed by atoms with van der Waals surface area (Å²) in [6.07, 6.45) is 6.64. The SMILES string of the molecule is O=C(COCC1CCCCN1S(=O)(=O)c1c(Cl)cc(Cl)cc1Cl)N1CCC(c2ccncc2)C1. The first-order valence-corrected chi connectivity index (χ1v) is 13.8. The van der Waals surface area contributed by atoms with Crippen molar-refractivity contribution in [1.82, 2.24) is 14.2 Å². The first-order chi connectivity index (χ1) is 16.3. The van der Waals surface area contributed by atoms with Crippen molar-refractivity contribution in [1.29, 1.82) is 0 Å². The highest BCUT2D eigenvalue weighted by molar-refractivity contribution is 7.89. The Morgan fingerprint density at radius 2 is 1.76 bits per heavy atom. The van der Waals surface area contributed by atoms with Gasteiger partial charge in [-0.25, -0.2) is 8.42 Å². The van der Waals surface area contributed by atoms with E-state index in [4.69, 9.17) is 39.5 Å². The van der Waals surface area contributed by atoms with E-state index in [9.17, 15) is 13.2 Å². The third-order valence-electron chi connectivity index (χ3n) is 6.36. The van der Waals surface area contributed by atoms with Crippen LogP contribution in [0.5, 0.6) is 0 Å². The van der Waals surface area contributed by atoms with Gasteiger partial charge in [-0.2, -0.15) is 4.31 Å². The largest absolute Gasteiger partial charge is 0.370 e. The fourth-order valence-electron chi connectivity index (χ4n) is 4.62. The number of ether oxygens (including phenoxy) is 1. The molecular formula is C23H26Cl3N3O4S. The lowest BCUT2D eigenvalue weighted by Gasteiger charge is -2.35. The van der Waals surface area contributed by atoms with E-state index in [-0.39, 0.29) is 39.1 Å². The lowest BCUT2D eigenvalue weighted by atomic mass is 10.00. The first kappa shape index (κ1) is 25.7. The van der Waals surface area contributed by atoms with Crippen molar-refractivity contribution in [2.24, 2.45) is 0 Å². The van der Waals surface area contributed by atoms with E-state index in [2.05, 4.69) is 4.98 Å². The summed E-state index contributed by atoms with van der Waals surface area (Å²) in [7, 11) is -3.96. The molecule has 2 aliphatic heterocycles. The van der Waals surface area contributed by atoms with Crippen molar-refractivity contribution in [3.8, 4) is 0 Å². The fraction of sp³-hybridized carbons (Fsp3) is 0.478. The van der Waals surface area contributed by atoms with Crippen molar-refractivity contribution >= 4 is 50.7 Å². The molecule has 2 unspecified atom stereocenters. The van der Waals surface area contributed by atoms with Crippen LogP contribution in [0.1, 0.15) is 37.2 Å². The number of halogens is 3. The number of pyridine rings is 1. The van der Waals surface area contributed by atoms with Gasteiger partial charge in [0, 0.05) is 49.0 Å². The van der Waals surface area contributed by atoms with Crippen LogP contribution in [0, 0.1) is 0 Å². The van der Waals surface area contributed by atoms with Crippen LogP contribution in [0.25, 0.3) is 0 Å². The van der Waals surface area contributed by atoms with E-state index in [0.717, 1.165) is 19.3 Å². The predicted molar refractivity (Wildman–Crippen MR) is 132 cm³/mol. The minimum Gasteiger partial charge on any atom is -0.370 e. The molecule has 1 aromatic heterocycles. The van der Waals surface area contributed by atoms with Crippen LogP contribution in [-0.2, 0) is 19.6 Å². The monoisotopic (exact) mass is 545 g/mol. The molecule has 0 N–H and O–H groups in total. The molecule has 11 heteroatoms. The molecule has 4 rings (SSSR count). The molecule has 2 aliphatic rings. The van der Waals surface area contributed by atoms with Gasteiger partial charge in [0.15, 0.2) is 0 Å². The summed E-state index contributed by atoms with van der Waals surface area (Å²) in [5, 5.41) is 0.227. The van der Waals surface area contributed by atoms with Gasteiger partial charge in [0.25, 0.3) is 0 Å². The van der Waals surface area contributed by atoms with E-state index < -0.39 is 16.1 Å². The van der Waals surface area contributed by atoms with Gasteiger partial charge in [0.2, 0.25) is 15.9 Å². The van der Waals surface area contributed by atoms with Crippen LogP contribution in [0.2, 0.25) is 15.1 Å². The molecule has 0 radical (unpaired) electrons. The van der Waals surface area contributed by atoms with E-state index >= 15 is 0 Å². The summed E-state index contributed by atoms with van der Waals surface area (Å²) in [6, 6.07) is 6.28. The molecule has 3 heterocycles. The maximum absolute atomic E-state index is 13.4. The summed E-state index contributed by atoms with van der Waals surface area (Å²) in [5.41, 5.74) is 1.17. The minimum absolute atomic E-state index is 0.0179. The van der Waals surface area contributed by atoms with Gasteiger partial charge in [0.1, 0.15) is 11.5 Å². The van der Waals surface area contributed by atoms with Gasteiger partial charge in [-0.15, -0.1) is 0 Å². The van der Waals surface area contributed by atoms with Crippen molar-refractivity contribution in [3.05, 3.63) is 57.3 Å². The summed E-state index contributed by atoms with van der Waals surface area (Å²) in [4.78, 5) is 18.4. The third kappa shape index (κ3) is 5.69. The van der Waals surface area contributed by atoms with Crippen LogP contribution >= 0.6 is 34.8 Å². The number of nitrogens with zero attached hydrogens (tertiary/aromatic N) is 3. The van der Waals surface area contributed by atoms with Crippen LogP contribution in [0.3, 0.4) is 0 Å². The minimum atomic E-state index is -3.96. The molecule has 0 aliphatic carbocycles. The number of hydrogen-bond acceptors (Lipinski definition) is 5. The number of sulfonamides is 1. The van der Waals surface area contributed by atoms with Crippen molar-refractivity contribution in [2.75, 3.05) is 32.8 Å². The normalized spacial score (nSPS) is 21.7. The zero-order chi connectivity index (χ0) is 24.3. The van der Waals surface area contributed by atoms with Crippen LogP contribution < -0.4 is 0 Å². The second-order valence-electron chi connectivity index (χ2n) is 8.58. The number of carbonyl (C=O) groups is 1. The summed E-state index contributed by atoms with van der Waals surface area (Å²) >= 11 is 18.3. The highest BCUT2D eigenvalue weighted by atomic mass is 35.5. The average molecular weight is 547 g/mol. The number of amides is 1. The smallest absolute Gasteiger partial charge is 0.248 e. The molecule has 0 bridgehead atoms. The Labute approximate surface area is 215 Å². The Morgan fingerprint density at radius 1 is 1.06 bits per heavy atom. The van der Waals surface area contributed by atoms with Gasteiger partial charge in [-0.05, 0) is 49.1 Å².